The molecular weight excluding hydrogens is 985 g/mol. The maximum Gasteiger partial charge on any atom is 0.306 e. The summed E-state index contributed by atoms with van der Waals surface area (Å²) in [4.78, 5) is 38.3. The molecule has 0 bridgehead atoms. The molecule has 466 valence electrons. The van der Waals surface area contributed by atoms with Crippen molar-refractivity contribution in [2.45, 2.75) is 380 Å². The Morgan fingerprint density at radius 2 is 0.487 bits per heavy atom. The molecule has 0 saturated carbocycles. The average molecular weight is 1120 g/mol. The van der Waals surface area contributed by atoms with Crippen LogP contribution in [-0.2, 0) is 28.6 Å². The minimum Gasteiger partial charge on any atom is -0.462 e. The summed E-state index contributed by atoms with van der Waals surface area (Å²) in [6.45, 7) is 6.54. The first-order valence-corrected chi connectivity index (χ1v) is 35.3. The Kier molecular flexibility index (Phi) is 66.1. The second-order valence-corrected chi connectivity index (χ2v) is 23.8. The van der Waals surface area contributed by atoms with Gasteiger partial charge in [0.05, 0.1) is 0 Å². The Morgan fingerprint density at radius 3 is 0.800 bits per heavy atom. The Balaban J connectivity index is 4.13. The van der Waals surface area contributed by atoms with Crippen LogP contribution in [0.2, 0.25) is 0 Å². The molecule has 0 radical (unpaired) electrons. The zero-order chi connectivity index (χ0) is 57.8. The van der Waals surface area contributed by atoms with Crippen molar-refractivity contribution in [3.05, 3.63) is 60.8 Å². The summed E-state index contributed by atoms with van der Waals surface area (Å²) in [7, 11) is 0. The van der Waals surface area contributed by atoms with Crippen LogP contribution in [0.3, 0.4) is 0 Å². The van der Waals surface area contributed by atoms with Crippen molar-refractivity contribution >= 4 is 17.9 Å². The van der Waals surface area contributed by atoms with E-state index in [4.69, 9.17) is 14.2 Å². The van der Waals surface area contributed by atoms with Gasteiger partial charge in [-0.25, -0.2) is 0 Å². The van der Waals surface area contributed by atoms with Gasteiger partial charge in [-0.15, -0.1) is 0 Å². The molecule has 0 N–H and O–H groups in total. The quantitative estimate of drug-likeness (QED) is 0.0261. The molecule has 1 atom stereocenters. The molecule has 0 aliphatic heterocycles. The number of rotatable bonds is 65. The smallest absolute Gasteiger partial charge is 0.306 e. The van der Waals surface area contributed by atoms with Gasteiger partial charge in [0.2, 0.25) is 0 Å². The number of unbranched alkanes of at least 4 members (excludes halogenated alkanes) is 44. The molecule has 0 aromatic carbocycles. The summed E-state index contributed by atoms with van der Waals surface area (Å²) in [5, 5.41) is 0. The highest BCUT2D eigenvalue weighted by molar-refractivity contribution is 5.71. The third-order valence-electron chi connectivity index (χ3n) is 15.8. The van der Waals surface area contributed by atoms with Crippen LogP contribution in [0.25, 0.3) is 0 Å². The van der Waals surface area contributed by atoms with E-state index < -0.39 is 6.10 Å². The molecule has 0 fully saturated rings. The predicted molar refractivity (Wildman–Crippen MR) is 348 cm³/mol. The molecule has 6 nitrogen and oxygen atoms in total. The number of ether oxygens (including phenoxy) is 3. The summed E-state index contributed by atoms with van der Waals surface area (Å²) in [5.74, 6) is -0.906. The molecule has 80 heavy (non-hydrogen) atoms. The first kappa shape index (κ1) is 77.1. The zero-order valence-corrected chi connectivity index (χ0v) is 53.6. The van der Waals surface area contributed by atoms with E-state index in [0.717, 1.165) is 77.0 Å². The van der Waals surface area contributed by atoms with Crippen molar-refractivity contribution in [1.82, 2.24) is 0 Å². The van der Waals surface area contributed by atoms with Gasteiger partial charge in [0.15, 0.2) is 6.10 Å². The number of carbonyl (C=O) groups is 3. The fraction of sp³-hybridized carbons (Fsp3) is 0.824. The maximum atomic E-state index is 12.9. The van der Waals surface area contributed by atoms with Gasteiger partial charge in [-0.1, -0.05) is 332 Å². The SMILES string of the molecule is CC/C=C\C/C=C\C/C=C\C/C=C\CCCCC(=O)OC(COC(=O)CCCCCCCCCCCCCCCC)COC(=O)CCCCCCCCCCCCCCCCCCCCCCC/C=C\CCCCCCCCCC. The second kappa shape index (κ2) is 68.6. The number of allylic oxidation sites excluding steroid dienone is 10. The lowest BCUT2D eigenvalue weighted by Gasteiger charge is -2.18. The molecule has 0 rings (SSSR count). The highest BCUT2D eigenvalue weighted by atomic mass is 16.6. The highest BCUT2D eigenvalue weighted by Crippen LogP contribution is 2.18. The number of esters is 3. The van der Waals surface area contributed by atoms with Gasteiger partial charge in [-0.05, 0) is 83.5 Å². The van der Waals surface area contributed by atoms with Crippen molar-refractivity contribution in [1.29, 1.82) is 0 Å². The fourth-order valence-electron chi connectivity index (χ4n) is 10.5. The van der Waals surface area contributed by atoms with Crippen molar-refractivity contribution in [3.63, 3.8) is 0 Å². The maximum absolute atomic E-state index is 12.9. The van der Waals surface area contributed by atoms with Gasteiger partial charge in [0.1, 0.15) is 13.2 Å². The standard InChI is InChI=1S/C74H134O6/c1-4-7-10-13-16-19-22-25-28-29-30-31-32-33-34-35-36-37-38-39-40-41-42-43-44-45-47-49-52-55-58-61-64-67-73(76)79-70-71(69-78-72(75)66-63-60-57-54-51-48-27-24-21-18-15-12-9-6-3)80-74(77)68-65-62-59-56-53-50-46-26-23-20-17-14-11-8-5-2/h8,11,17,20,26,29-30,46,53,56,71H,4-7,9-10,12-16,18-19,21-25,27-28,31-45,47-52,54-55,57-70H2,1-3H3/b11-8-,20-17-,30-29-,46-26-,56-53-. The van der Waals surface area contributed by atoms with E-state index in [1.165, 1.54) is 250 Å². The van der Waals surface area contributed by atoms with Crippen LogP contribution in [0.15, 0.2) is 60.8 Å². The Bertz CT molecular complexity index is 1430. The molecule has 0 spiro atoms. The van der Waals surface area contributed by atoms with Gasteiger partial charge >= 0.3 is 17.9 Å². The van der Waals surface area contributed by atoms with Crippen molar-refractivity contribution in [2.24, 2.45) is 0 Å². The molecular formula is C74H134O6. The Labute approximate surface area is 498 Å². The van der Waals surface area contributed by atoms with E-state index in [0.29, 0.717) is 19.3 Å². The molecule has 0 heterocycles. The first-order chi connectivity index (χ1) is 39.5. The lowest BCUT2D eigenvalue weighted by atomic mass is 10.0. The van der Waals surface area contributed by atoms with E-state index in [-0.39, 0.29) is 37.5 Å². The van der Waals surface area contributed by atoms with E-state index in [2.05, 4.69) is 81.5 Å². The van der Waals surface area contributed by atoms with Gasteiger partial charge in [0, 0.05) is 19.3 Å². The summed E-state index contributed by atoms with van der Waals surface area (Å²) in [6.07, 6.45) is 88.5. The highest BCUT2D eigenvalue weighted by Gasteiger charge is 2.19. The van der Waals surface area contributed by atoms with E-state index in [9.17, 15) is 14.4 Å². The lowest BCUT2D eigenvalue weighted by molar-refractivity contribution is -0.167. The van der Waals surface area contributed by atoms with Gasteiger partial charge in [-0.3, -0.25) is 14.4 Å². The number of hydrogen-bond acceptors (Lipinski definition) is 6. The van der Waals surface area contributed by atoms with Crippen molar-refractivity contribution < 1.29 is 28.6 Å². The van der Waals surface area contributed by atoms with Gasteiger partial charge < -0.3 is 14.2 Å². The molecule has 0 amide bonds. The van der Waals surface area contributed by atoms with Gasteiger partial charge in [-0.2, -0.15) is 0 Å². The molecule has 0 aromatic rings. The minimum atomic E-state index is -0.794. The molecule has 6 heteroatoms. The second-order valence-electron chi connectivity index (χ2n) is 23.8. The topological polar surface area (TPSA) is 78.9 Å². The van der Waals surface area contributed by atoms with E-state index >= 15 is 0 Å². The van der Waals surface area contributed by atoms with Crippen LogP contribution in [0.1, 0.15) is 374 Å². The molecule has 1 unspecified atom stereocenters. The Hall–Kier alpha value is -2.89. The lowest BCUT2D eigenvalue weighted by Crippen LogP contribution is -2.30. The summed E-state index contributed by atoms with van der Waals surface area (Å²) in [6, 6.07) is 0. The van der Waals surface area contributed by atoms with Gasteiger partial charge in [0.25, 0.3) is 0 Å². The van der Waals surface area contributed by atoms with E-state index in [1.807, 2.05) is 0 Å². The Morgan fingerprint density at radius 1 is 0.263 bits per heavy atom. The normalized spacial score (nSPS) is 12.4. The van der Waals surface area contributed by atoms with Crippen LogP contribution in [0.5, 0.6) is 0 Å². The molecule has 0 aliphatic carbocycles. The monoisotopic (exact) mass is 1120 g/mol. The summed E-state index contributed by atoms with van der Waals surface area (Å²) < 4.78 is 16.9. The van der Waals surface area contributed by atoms with E-state index in [1.54, 1.807) is 0 Å². The van der Waals surface area contributed by atoms with Crippen LogP contribution in [0, 0.1) is 0 Å². The van der Waals surface area contributed by atoms with Crippen LogP contribution >= 0.6 is 0 Å². The third-order valence-corrected chi connectivity index (χ3v) is 15.8. The van der Waals surface area contributed by atoms with Crippen LogP contribution < -0.4 is 0 Å². The molecule has 0 aliphatic rings. The summed E-state index contributed by atoms with van der Waals surface area (Å²) >= 11 is 0. The predicted octanol–water partition coefficient (Wildman–Crippen LogP) is 24.3. The first-order valence-electron chi connectivity index (χ1n) is 35.3. The van der Waals surface area contributed by atoms with Crippen molar-refractivity contribution in [3.8, 4) is 0 Å². The zero-order valence-electron chi connectivity index (χ0n) is 53.6. The number of carbonyl (C=O) groups excluding carboxylic acids is 3. The summed E-state index contributed by atoms with van der Waals surface area (Å²) in [5.41, 5.74) is 0. The average Bonchev–Trinajstić information content (AvgIpc) is 3.46. The fourth-order valence-corrected chi connectivity index (χ4v) is 10.5. The largest absolute Gasteiger partial charge is 0.462 e. The van der Waals surface area contributed by atoms with Crippen LogP contribution in [0.4, 0.5) is 0 Å². The van der Waals surface area contributed by atoms with Crippen molar-refractivity contribution in [2.75, 3.05) is 13.2 Å². The van der Waals surface area contributed by atoms with Crippen LogP contribution in [-0.4, -0.2) is 37.2 Å². The third kappa shape index (κ3) is 65.9. The number of hydrogen-bond donors (Lipinski definition) is 0. The molecule has 0 saturated heterocycles. The minimum absolute atomic E-state index is 0.0863. The molecule has 0 aromatic heterocycles.